The van der Waals surface area contributed by atoms with Crippen LogP contribution in [-0.4, -0.2) is 6.61 Å². The Morgan fingerprint density at radius 1 is 1.15 bits per heavy atom. The lowest BCUT2D eigenvalue weighted by Gasteiger charge is -2.07. The first-order valence-electron chi connectivity index (χ1n) is 4.31. The maximum absolute atomic E-state index is 5.47. The zero-order valence-corrected chi connectivity index (χ0v) is 7.70. The predicted molar refractivity (Wildman–Crippen MR) is 56.0 cm³/mol. The van der Waals surface area contributed by atoms with Crippen molar-refractivity contribution in [1.29, 1.82) is 0 Å². The fourth-order valence-corrected chi connectivity index (χ4v) is 1.12. The summed E-state index contributed by atoms with van der Waals surface area (Å²) in [5, 5.41) is 0. The van der Waals surface area contributed by atoms with Crippen molar-refractivity contribution >= 4 is 0 Å². The molecule has 0 fully saturated rings. The minimum Gasteiger partial charge on any atom is -0.489 e. The summed E-state index contributed by atoms with van der Waals surface area (Å²) in [6.07, 6.45) is 4.45. The molecule has 1 aromatic carbocycles. The maximum atomic E-state index is 5.47. The number of hydrogen-bond acceptors (Lipinski definition) is 1. The molecule has 0 saturated heterocycles. The first-order chi connectivity index (χ1) is 6.38. The average molecular weight is 174 g/mol. The van der Waals surface area contributed by atoms with Gasteiger partial charge in [0.2, 0.25) is 0 Å². The van der Waals surface area contributed by atoms with E-state index in [2.05, 4.69) is 13.2 Å². The fourth-order valence-electron chi connectivity index (χ4n) is 1.12. The topological polar surface area (TPSA) is 9.23 Å². The molecule has 1 heteroatoms. The molecule has 1 nitrogen and oxygen atoms in total. The van der Waals surface area contributed by atoms with E-state index in [9.17, 15) is 0 Å². The van der Waals surface area contributed by atoms with Crippen molar-refractivity contribution in [3.63, 3.8) is 0 Å². The average Bonchev–Trinajstić information content (AvgIpc) is 2.17. The van der Waals surface area contributed by atoms with Crippen LogP contribution in [-0.2, 0) is 6.42 Å². The molecule has 0 aliphatic rings. The Bertz CT molecular complexity index is 289. The van der Waals surface area contributed by atoms with Crippen LogP contribution in [0.4, 0.5) is 0 Å². The molecule has 0 N–H and O–H groups in total. The summed E-state index contributed by atoms with van der Waals surface area (Å²) in [5.74, 6) is 0.919. The summed E-state index contributed by atoms with van der Waals surface area (Å²) in [6.45, 7) is 7.86. The van der Waals surface area contributed by atoms with E-state index in [4.69, 9.17) is 4.74 Å². The first kappa shape index (κ1) is 9.59. The number of benzene rings is 1. The molecular weight excluding hydrogens is 160 g/mol. The maximum Gasteiger partial charge on any atom is 0.123 e. The molecule has 0 unspecified atom stereocenters. The van der Waals surface area contributed by atoms with Crippen molar-refractivity contribution in [3.8, 4) is 5.75 Å². The summed E-state index contributed by atoms with van der Waals surface area (Å²) < 4.78 is 5.47. The molecule has 0 bridgehead atoms. The lowest BCUT2D eigenvalue weighted by molar-refractivity contribution is 0.360. The van der Waals surface area contributed by atoms with Crippen LogP contribution in [0.5, 0.6) is 5.75 Å². The summed E-state index contributed by atoms with van der Waals surface area (Å²) >= 11 is 0. The zero-order valence-electron chi connectivity index (χ0n) is 7.70. The van der Waals surface area contributed by atoms with E-state index in [0.29, 0.717) is 6.61 Å². The number of ether oxygens (including phenoxy) is 1. The third-order valence-corrected chi connectivity index (χ3v) is 1.69. The summed E-state index contributed by atoms with van der Waals surface area (Å²) in [6, 6.07) is 7.97. The Morgan fingerprint density at radius 3 is 2.62 bits per heavy atom. The molecule has 0 aliphatic heterocycles. The molecule has 0 amide bonds. The number of hydrogen-bond donors (Lipinski definition) is 0. The molecule has 0 aromatic heterocycles. The smallest absolute Gasteiger partial charge is 0.123 e. The molecule has 1 rings (SSSR count). The van der Waals surface area contributed by atoms with Crippen LogP contribution in [0.1, 0.15) is 5.56 Å². The van der Waals surface area contributed by atoms with Crippen LogP contribution in [0.2, 0.25) is 0 Å². The van der Waals surface area contributed by atoms with E-state index in [-0.39, 0.29) is 0 Å². The van der Waals surface area contributed by atoms with Gasteiger partial charge in [-0.1, -0.05) is 36.9 Å². The zero-order chi connectivity index (χ0) is 9.52. The van der Waals surface area contributed by atoms with Crippen molar-refractivity contribution in [2.75, 3.05) is 6.61 Å². The standard InChI is InChI=1S/C12H14O/c1-3-7-11-8-5-6-9-12(11)13-10-4-2/h3-6,8-9H,1-2,7,10H2. The van der Waals surface area contributed by atoms with Crippen molar-refractivity contribution in [2.24, 2.45) is 0 Å². The lowest BCUT2D eigenvalue weighted by atomic mass is 10.1. The van der Waals surface area contributed by atoms with E-state index in [1.165, 1.54) is 5.56 Å². The quantitative estimate of drug-likeness (QED) is 0.623. The van der Waals surface area contributed by atoms with Gasteiger partial charge in [0.25, 0.3) is 0 Å². The van der Waals surface area contributed by atoms with Gasteiger partial charge in [0, 0.05) is 0 Å². The van der Waals surface area contributed by atoms with E-state index < -0.39 is 0 Å². The normalized spacial score (nSPS) is 9.23. The molecule has 0 spiro atoms. The molecule has 0 radical (unpaired) electrons. The number of allylic oxidation sites excluding steroid dienone is 1. The minimum absolute atomic E-state index is 0.550. The fraction of sp³-hybridized carbons (Fsp3) is 0.167. The second-order valence-corrected chi connectivity index (χ2v) is 2.70. The summed E-state index contributed by atoms with van der Waals surface area (Å²) in [5.41, 5.74) is 1.17. The molecule has 13 heavy (non-hydrogen) atoms. The Balaban J connectivity index is 2.77. The first-order valence-corrected chi connectivity index (χ1v) is 4.31. The molecule has 0 aliphatic carbocycles. The van der Waals surface area contributed by atoms with Gasteiger partial charge in [-0.25, -0.2) is 0 Å². The van der Waals surface area contributed by atoms with Gasteiger partial charge in [-0.3, -0.25) is 0 Å². The van der Waals surface area contributed by atoms with Crippen LogP contribution in [0.15, 0.2) is 49.6 Å². The Morgan fingerprint density at radius 2 is 1.92 bits per heavy atom. The molecule has 68 valence electrons. The van der Waals surface area contributed by atoms with Crippen LogP contribution < -0.4 is 4.74 Å². The van der Waals surface area contributed by atoms with Gasteiger partial charge in [-0.05, 0) is 18.1 Å². The van der Waals surface area contributed by atoms with Crippen LogP contribution in [0.25, 0.3) is 0 Å². The van der Waals surface area contributed by atoms with Gasteiger partial charge in [0.05, 0.1) is 0 Å². The van der Waals surface area contributed by atoms with Gasteiger partial charge in [0.1, 0.15) is 12.4 Å². The van der Waals surface area contributed by atoms with Crippen LogP contribution >= 0.6 is 0 Å². The van der Waals surface area contributed by atoms with Gasteiger partial charge in [-0.15, -0.1) is 6.58 Å². The van der Waals surface area contributed by atoms with E-state index in [1.54, 1.807) is 6.08 Å². The number of para-hydroxylation sites is 1. The Hall–Kier alpha value is -1.50. The Kier molecular flexibility index (Phi) is 3.83. The monoisotopic (exact) mass is 174 g/mol. The van der Waals surface area contributed by atoms with E-state index >= 15 is 0 Å². The van der Waals surface area contributed by atoms with Gasteiger partial charge >= 0.3 is 0 Å². The van der Waals surface area contributed by atoms with Crippen LogP contribution in [0, 0.1) is 0 Å². The largest absolute Gasteiger partial charge is 0.489 e. The lowest BCUT2D eigenvalue weighted by Crippen LogP contribution is -1.96. The van der Waals surface area contributed by atoms with Crippen molar-refractivity contribution in [3.05, 3.63) is 55.1 Å². The highest BCUT2D eigenvalue weighted by Gasteiger charge is 1.98. The van der Waals surface area contributed by atoms with Crippen LogP contribution in [0.3, 0.4) is 0 Å². The van der Waals surface area contributed by atoms with Gasteiger partial charge in [0.15, 0.2) is 0 Å². The number of rotatable bonds is 5. The van der Waals surface area contributed by atoms with Crippen molar-refractivity contribution in [2.45, 2.75) is 6.42 Å². The second-order valence-electron chi connectivity index (χ2n) is 2.70. The SMILES string of the molecule is C=CCOc1ccccc1CC=C. The predicted octanol–water partition coefficient (Wildman–Crippen LogP) is 2.98. The van der Waals surface area contributed by atoms with Gasteiger partial charge < -0.3 is 4.74 Å². The van der Waals surface area contributed by atoms with E-state index in [1.807, 2.05) is 30.3 Å². The van der Waals surface area contributed by atoms with Crippen molar-refractivity contribution < 1.29 is 4.74 Å². The molecule has 0 saturated carbocycles. The summed E-state index contributed by atoms with van der Waals surface area (Å²) in [4.78, 5) is 0. The second kappa shape index (κ2) is 5.20. The third kappa shape index (κ3) is 2.79. The highest BCUT2D eigenvalue weighted by atomic mass is 16.5. The van der Waals surface area contributed by atoms with Crippen molar-refractivity contribution in [1.82, 2.24) is 0 Å². The van der Waals surface area contributed by atoms with Gasteiger partial charge in [-0.2, -0.15) is 0 Å². The highest BCUT2D eigenvalue weighted by molar-refractivity contribution is 5.34. The molecule has 1 aromatic rings. The summed E-state index contributed by atoms with van der Waals surface area (Å²) in [7, 11) is 0. The third-order valence-electron chi connectivity index (χ3n) is 1.69. The molecular formula is C12H14O. The molecule has 0 atom stereocenters. The van der Waals surface area contributed by atoms with E-state index in [0.717, 1.165) is 12.2 Å². The Labute approximate surface area is 79.4 Å². The highest BCUT2D eigenvalue weighted by Crippen LogP contribution is 2.18. The molecule has 0 heterocycles. The minimum atomic E-state index is 0.550.